The summed E-state index contributed by atoms with van der Waals surface area (Å²) in [7, 11) is 0. The molecule has 32 heavy (non-hydrogen) atoms. The molecule has 0 saturated carbocycles. The maximum absolute atomic E-state index is 14.0. The quantitative estimate of drug-likeness (QED) is 0.657. The van der Waals surface area contributed by atoms with Crippen LogP contribution in [0.4, 0.5) is 14.6 Å². The van der Waals surface area contributed by atoms with E-state index in [4.69, 9.17) is 14.7 Å². The lowest BCUT2D eigenvalue weighted by molar-refractivity contribution is 0.163. The number of halogens is 2. The van der Waals surface area contributed by atoms with Gasteiger partial charge in [-0.05, 0) is 19.1 Å². The molecule has 0 spiro atoms. The standard InChI is InChI=1S/C23H26F2N6O/c1-2-31-14-15(12-27-31)22-23(29-19-5-8-26-13-20(19)28-22)30-9-6-17(7-10-30)32-21-4-3-16(24)11-18(21)25/h3-4,11-12,14,17,26H,2,5-10,13H2,1H3. The Morgan fingerprint density at radius 2 is 2.00 bits per heavy atom. The van der Waals surface area contributed by atoms with Gasteiger partial charge in [-0.2, -0.15) is 5.10 Å². The third-order valence-electron chi connectivity index (χ3n) is 6.02. The van der Waals surface area contributed by atoms with Crippen LogP contribution in [0.3, 0.4) is 0 Å². The number of aryl methyl sites for hydroxylation is 1. The molecule has 1 fully saturated rings. The predicted octanol–water partition coefficient (Wildman–Crippen LogP) is 3.33. The van der Waals surface area contributed by atoms with Gasteiger partial charge < -0.3 is 15.0 Å². The van der Waals surface area contributed by atoms with Crippen molar-refractivity contribution in [3.63, 3.8) is 0 Å². The fourth-order valence-corrected chi connectivity index (χ4v) is 4.26. The Morgan fingerprint density at radius 3 is 2.75 bits per heavy atom. The molecular weight excluding hydrogens is 414 g/mol. The number of hydrogen-bond donors (Lipinski definition) is 1. The number of rotatable bonds is 5. The fourth-order valence-electron chi connectivity index (χ4n) is 4.26. The molecule has 0 bridgehead atoms. The van der Waals surface area contributed by atoms with Crippen molar-refractivity contribution in [1.82, 2.24) is 25.1 Å². The second-order valence-corrected chi connectivity index (χ2v) is 8.18. The summed E-state index contributed by atoms with van der Waals surface area (Å²) in [6, 6.07) is 3.42. The Bertz CT molecular complexity index is 1110. The molecule has 9 heteroatoms. The van der Waals surface area contributed by atoms with E-state index in [2.05, 4.69) is 22.2 Å². The number of fused-ring (bicyclic) bond motifs is 1. The van der Waals surface area contributed by atoms with Crippen molar-refractivity contribution in [2.24, 2.45) is 0 Å². The highest BCUT2D eigenvalue weighted by atomic mass is 19.1. The molecule has 2 aliphatic heterocycles. The SMILES string of the molecule is CCn1cc(-c2nc3c(nc2N2CCC(Oc4ccc(F)cc4F)CC2)CCNC3)cn1. The lowest BCUT2D eigenvalue weighted by Crippen LogP contribution is -2.39. The van der Waals surface area contributed by atoms with Crippen LogP contribution >= 0.6 is 0 Å². The molecule has 1 aromatic carbocycles. The lowest BCUT2D eigenvalue weighted by atomic mass is 10.1. The third kappa shape index (κ3) is 4.17. The molecular formula is C23H26F2N6O. The average molecular weight is 440 g/mol. The Labute approximate surface area is 185 Å². The minimum absolute atomic E-state index is 0.0959. The van der Waals surface area contributed by atoms with Gasteiger partial charge in [-0.15, -0.1) is 0 Å². The number of hydrogen-bond acceptors (Lipinski definition) is 6. The molecule has 2 aromatic heterocycles. The van der Waals surface area contributed by atoms with Crippen molar-refractivity contribution in [3.05, 3.63) is 53.6 Å². The molecule has 0 atom stereocenters. The normalized spacial score (nSPS) is 16.8. The van der Waals surface area contributed by atoms with Gasteiger partial charge in [-0.3, -0.25) is 4.68 Å². The van der Waals surface area contributed by atoms with E-state index in [-0.39, 0.29) is 11.9 Å². The first-order valence-corrected chi connectivity index (χ1v) is 11.1. The van der Waals surface area contributed by atoms with Crippen molar-refractivity contribution in [1.29, 1.82) is 0 Å². The number of nitrogens with zero attached hydrogens (tertiary/aromatic N) is 5. The Morgan fingerprint density at radius 1 is 1.16 bits per heavy atom. The number of ether oxygens (including phenoxy) is 1. The minimum Gasteiger partial charge on any atom is -0.487 e. The number of nitrogens with one attached hydrogen (secondary N) is 1. The van der Waals surface area contributed by atoms with Crippen molar-refractivity contribution in [2.75, 3.05) is 24.5 Å². The first-order valence-electron chi connectivity index (χ1n) is 11.1. The van der Waals surface area contributed by atoms with E-state index in [0.29, 0.717) is 25.9 Å². The lowest BCUT2D eigenvalue weighted by Gasteiger charge is -2.34. The minimum atomic E-state index is -0.670. The van der Waals surface area contributed by atoms with Crippen LogP contribution in [0.2, 0.25) is 0 Å². The summed E-state index contributed by atoms with van der Waals surface area (Å²) in [6.07, 6.45) is 5.99. The molecule has 7 nitrogen and oxygen atoms in total. The Balaban J connectivity index is 1.37. The molecule has 1 saturated heterocycles. The number of piperidine rings is 1. The second-order valence-electron chi connectivity index (χ2n) is 8.18. The van der Waals surface area contributed by atoms with Crippen LogP contribution in [0.5, 0.6) is 5.75 Å². The Hall–Kier alpha value is -3.07. The zero-order valence-corrected chi connectivity index (χ0v) is 18.0. The maximum Gasteiger partial charge on any atom is 0.167 e. The zero-order chi connectivity index (χ0) is 22.1. The van der Waals surface area contributed by atoms with E-state index in [1.54, 1.807) is 0 Å². The van der Waals surface area contributed by atoms with E-state index in [1.165, 1.54) is 12.1 Å². The highest BCUT2D eigenvalue weighted by Crippen LogP contribution is 2.32. The summed E-state index contributed by atoms with van der Waals surface area (Å²) in [6.45, 7) is 5.89. The van der Waals surface area contributed by atoms with Crippen LogP contribution in [-0.4, -0.2) is 45.5 Å². The molecule has 168 valence electrons. The number of aromatic nitrogens is 4. The summed E-state index contributed by atoms with van der Waals surface area (Å²) in [4.78, 5) is 12.2. The highest BCUT2D eigenvalue weighted by molar-refractivity contribution is 5.72. The summed E-state index contributed by atoms with van der Waals surface area (Å²) < 4.78 is 34.8. The summed E-state index contributed by atoms with van der Waals surface area (Å²) in [5, 5.41) is 7.78. The van der Waals surface area contributed by atoms with Gasteiger partial charge in [0.25, 0.3) is 0 Å². The van der Waals surface area contributed by atoms with Crippen LogP contribution in [0.15, 0.2) is 30.6 Å². The van der Waals surface area contributed by atoms with E-state index in [1.807, 2.05) is 17.1 Å². The predicted molar refractivity (Wildman–Crippen MR) is 117 cm³/mol. The summed E-state index contributed by atoms with van der Waals surface area (Å²) >= 11 is 0. The highest BCUT2D eigenvalue weighted by Gasteiger charge is 2.27. The van der Waals surface area contributed by atoms with Crippen LogP contribution in [-0.2, 0) is 19.5 Å². The average Bonchev–Trinajstić information content (AvgIpc) is 3.30. The van der Waals surface area contributed by atoms with Gasteiger partial charge in [0.15, 0.2) is 17.4 Å². The van der Waals surface area contributed by atoms with Crippen molar-refractivity contribution in [2.45, 2.75) is 45.4 Å². The van der Waals surface area contributed by atoms with Gasteiger partial charge in [0.1, 0.15) is 17.6 Å². The summed E-state index contributed by atoms with van der Waals surface area (Å²) in [5.74, 6) is -0.312. The van der Waals surface area contributed by atoms with Gasteiger partial charge >= 0.3 is 0 Å². The number of benzene rings is 1. The third-order valence-corrected chi connectivity index (χ3v) is 6.02. The molecule has 2 aliphatic rings. The molecule has 5 rings (SSSR count). The largest absolute Gasteiger partial charge is 0.487 e. The van der Waals surface area contributed by atoms with Gasteiger partial charge in [-0.1, -0.05) is 0 Å². The second kappa shape index (κ2) is 8.82. The van der Waals surface area contributed by atoms with Crippen molar-refractivity contribution >= 4 is 5.82 Å². The van der Waals surface area contributed by atoms with Gasteiger partial charge in [-0.25, -0.2) is 18.7 Å². The van der Waals surface area contributed by atoms with Crippen molar-refractivity contribution < 1.29 is 13.5 Å². The fraction of sp³-hybridized carbons (Fsp3) is 0.435. The van der Waals surface area contributed by atoms with Gasteiger partial charge in [0, 0.05) is 69.8 Å². The van der Waals surface area contributed by atoms with E-state index in [9.17, 15) is 8.78 Å². The first kappa shape index (κ1) is 20.8. The van der Waals surface area contributed by atoms with Gasteiger partial charge in [0.05, 0.1) is 17.6 Å². The van der Waals surface area contributed by atoms with E-state index < -0.39 is 11.6 Å². The van der Waals surface area contributed by atoms with Crippen molar-refractivity contribution in [3.8, 4) is 17.0 Å². The van der Waals surface area contributed by atoms with E-state index >= 15 is 0 Å². The molecule has 0 amide bonds. The maximum atomic E-state index is 14.0. The topological polar surface area (TPSA) is 68.1 Å². The molecule has 0 unspecified atom stereocenters. The molecule has 0 aliphatic carbocycles. The molecule has 0 radical (unpaired) electrons. The summed E-state index contributed by atoms with van der Waals surface area (Å²) in [5.41, 5.74) is 3.83. The molecule has 3 aromatic rings. The van der Waals surface area contributed by atoms with Crippen LogP contribution < -0.4 is 15.0 Å². The molecule has 1 N–H and O–H groups in total. The smallest absolute Gasteiger partial charge is 0.167 e. The zero-order valence-electron chi connectivity index (χ0n) is 18.0. The Kier molecular flexibility index (Phi) is 5.73. The first-order chi connectivity index (χ1) is 15.6. The molecule has 4 heterocycles. The van der Waals surface area contributed by atoms with Crippen LogP contribution in [0, 0.1) is 11.6 Å². The number of anilines is 1. The van der Waals surface area contributed by atoms with Crippen LogP contribution in [0.25, 0.3) is 11.3 Å². The van der Waals surface area contributed by atoms with Gasteiger partial charge in [0.2, 0.25) is 0 Å². The van der Waals surface area contributed by atoms with Crippen LogP contribution in [0.1, 0.15) is 31.2 Å². The monoisotopic (exact) mass is 440 g/mol. The van der Waals surface area contributed by atoms with E-state index in [0.717, 1.165) is 60.6 Å².